The number of hydrogen-bond donors (Lipinski definition) is 25. The van der Waals surface area contributed by atoms with E-state index in [1.54, 1.807) is 6.08 Å². The van der Waals surface area contributed by atoms with E-state index in [-0.39, 0.29) is 29.0 Å². The van der Waals surface area contributed by atoms with E-state index in [9.17, 15) is 106 Å². The largest absolute Gasteiger partial charge is 0.508 e. The Morgan fingerprint density at radius 1 is 0.475 bits per heavy atom. The second-order valence-corrected chi connectivity index (χ2v) is 34.6. The van der Waals surface area contributed by atoms with Crippen molar-refractivity contribution in [3.05, 3.63) is 176 Å². The number of ether oxygens (including phenoxy) is 9. The van der Waals surface area contributed by atoms with Crippen LogP contribution < -0.4 is 71.5 Å². The molecule has 0 radical (unpaired) electrons. The Morgan fingerprint density at radius 3 is 1.67 bits per heavy atom. The number of rotatable bonds is 23. The predicted octanol–water partition coefficient (Wildman–Crippen LogP) is 0.962. The molecule has 742 valence electrons. The number of aromatic hydroxyl groups is 4. The SMILES string of the molecule is CCCCC/C=C\CCC(=O)NC1C(Oc2c3cc4cc2Oc2ccc(cc2Cl)C(OC2OC(CO)C(O)C(O)C2NC(C)=O)C2NC(=O)C(NC(=O)C4NC(=O)C4NC(=O)C(Cc5ccc(c(Cl)c5)O3)NC(=O)C(NC(=O)CCC(=O)O)c3ccc(O)c(c3)Oc3cc(O)cc4c3)c3ccc(O)c(c3)-c3c(OC4OC(CO)C(O)C(O)C4O)cc(O)cc3C(C(=O)O)NC2=O)OC(CO)C(O)C1O. The molecule has 3 fully saturated rings. The number of carboxylic acids is 2. The maximum Gasteiger partial charge on any atom is 0.330 e. The number of carboxylic acid groups (broad SMARTS) is 2. The number of aliphatic carboxylic acids is 2. The van der Waals surface area contributed by atoms with Crippen molar-refractivity contribution in [3.63, 3.8) is 0 Å². The molecule has 9 amide bonds. The minimum Gasteiger partial charge on any atom is -0.508 e. The van der Waals surface area contributed by atoms with Crippen LogP contribution in [-0.4, -0.2) is 271 Å². The quantitative estimate of drug-likeness (QED) is 0.0313. The molecule has 16 rings (SSSR count). The molecule has 9 aliphatic heterocycles. The first-order chi connectivity index (χ1) is 66.3. The van der Waals surface area contributed by atoms with Gasteiger partial charge in [-0.05, 0) is 132 Å². The Hall–Kier alpha value is -13.3. The van der Waals surface area contributed by atoms with Crippen molar-refractivity contribution in [3.8, 4) is 80.1 Å². The van der Waals surface area contributed by atoms with Crippen molar-refractivity contribution in [2.45, 2.75) is 212 Å². The standard InChI is InChI=1S/C92H99Cl2N9O36/c1-3-4-5-6-7-8-9-10-62(112)98-72-78(120)75(117)60(34-105)136-91(72)139-82-57-28-42-29-58(82)133-54-18-14-40(26-49(54)94)81(138-90-71(95-36(2)107)77(119)74(116)59(33-104)135-90)73-88(128)102-70(89(129)130)47-31-44(109)32-56(134-92-80(122)79(121)76(118)61(35-106)137-92)65(47)46-25-38(12-15-51(46)110)67(85(125)103-73)100-87(127)69(42)101-86(126)68-41-23-43(108)30-45(24-41)131-55-27-39(13-16-52(55)111)66(97-63(113)19-20-64(114)115)84(124)96-50(83(123)99-68)22-37-11-17-53(132-57)48(93)21-37/h7-8,11-18,21,23-32,50,59-61,66-81,90-92,104-106,108-111,116-122H,3-6,9-10,19-20,22,33-35H2,1-2H3,(H,95,107)(H,96,124)(H,97,113)(H,98,112)(H,99,123)(H,100,127)(H,101,126)(H,102,128)(H,103,125)(H,114,115)(H,129,130)/b8-7-. The van der Waals surface area contributed by atoms with Crippen LogP contribution in [0, 0.1) is 0 Å². The van der Waals surface area contributed by atoms with Gasteiger partial charge >= 0.3 is 11.9 Å². The Labute approximate surface area is 797 Å². The summed E-state index contributed by atoms with van der Waals surface area (Å²) in [4.78, 5) is 165. The van der Waals surface area contributed by atoms with Gasteiger partial charge in [0, 0.05) is 55.0 Å². The number of unbranched alkanes of at least 4 members (excludes halogenated alkanes) is 3. The first-order valence-electron chi connectivity index (χ1n) is 43.8. The first kappa shape index (κ1) is 102. The summed E-state index contributed by atoms with van der Waals surface area (Å²) in [6, 6.07) is -1.15. The molecule has 139 heavy (non-hydrogen) atoms. The number of carbonyl (C=O) groups is 11. The molecule has 0 saturated carbocycles. The number of fused-ring (bicyclic) bond motifs is 14. The smallest absolute Gasteiger partial charge is 0.330 e. The molecular formula is C92H99Cl2N9O36. The van der Waals surface area contributed by atoms with Gasteiger partial charge in [-0.25, -0.2) is 4.79 Å². The van der Waals surface area contributed by atoms with E-state index >= 15 is 28.8 Å². The molecule has 23 atom stereocenters. The highest BCUT2D eigenvalue weighted by Gasteiger charge is 2.53. The van der Waals surface area contributed by atoms with E-state index in [4.69, 9.17) is 65.8 Å². The number of phenolic OH excluding ortho intramolecular Hbond substituents is 4. The Morgan fingerprint density at radius 2 is 1.04 bits per heavy atom. The van der Waals surface area contributed by atoms with Crippen LogP contribution in [0.3, 0.4) is 0 Å². The molecule has 25 N–H and O–H groups in total. The third-order valence-corrected chi connectivity index (χ3v) is 24.5. The van der Waals surface area contributed by atoms with Gasteiger partial charge in [0.05, 0.1) is 36.3 Å². The van der Waals surface area contributed by atoms with Gasteiger partial charge in [0.1, 0.15) is 156 Å². The second-order valence-electron chi connectivity index (χ2n) is 33.8. The second kappa shape index (κ2) is 43.8. The maximum atomic E-state index is 17.1. The molecule has 23 unspecified atom stereocenters. The van der Waals surface area contributed by atoms with Crippen molar-refractivity contribution in [2.24, 2.45) is 0 Å². The molecule has 0 aromatic heterocycles. The summed E-state index contributed by atoms with van der Waals surface area (Å²) in [5.74, 6) is -23.4. The molecule has 47 heteroatoms. The minimum atomic E-state index is -2.63. The van der Waals surface area contributed by atoms with E-state index in [2.05, 4.69) is 47.9 Å². The third-order valence-electron chi connectivity index (χ3n) is 24.0. The summed E-state index contributed by atoms with van der Waals surface area (Å²) in [7, 11) is 0. The van der Waals surface area contributed by atoms with Gasteiger partial charge in [0.25, 0.3) is 0 Å². The van der Waals surface area contributed by atoms with Crippen LogP contribution in [0.4, 0.5) is 0 Å². The summed E-state index contributed by atoms with van der Waals surface area (Å²) >= 11 is 14.8. The predicted molar refractivity (Wildman–Crippen MR) is 474 cm³/mol. The summed E-state index contributed by atoms with van der Waals surface area (Å²) in [6.45, 7) is -0.239. The average Bonchev–Trinajstić information content (AvgIpc) is 0.754. The molecule has 7 aromatic carbocycles. The summed E-state index contributed by atoms with van der Waals surface area (Å²) in [6.07, 6.45) is -24.3. The number of nitrogens with one attached hydrogen (secondary N) is 9. The molecule has 0 spiro atoms. The summed E-state index contributed by atoms with van der Waals surface area (Å²) in [5, 5.41) is 203. The average molecular weight is 1980 g/mol. The lowest BCUT2D eigenvalue weighted by atomic mass is 9.89. The zero-order valence-corrected chi connectivity index (χ0v) is 75.0. The Kier molecular flexibility index (Phi) is 32.0. The fourth-order valence-corrected chi connectivity index (χ4v) is 17.3. The third kappa shape index (κ3) is 22.8. The molecular weight excluding hydrogens is 1880 g/mol. The van der Waals surface area contributed by atoms with Gasteiger partial charge in [0.15, 0.2) is 35.3 Å². The maximum absolute atomic E-state index is 17.1. The molecule has 17 bridgehead atoms. The van der Waals surface area contributed by atoms with Gasteiger partial charge in [-0.1, -0.05) is 79.4 Å². The van der Waals surface area contributed by atoms with E-state index in [1.165, 1.54) is 24.3 Å². The van der Waals surface area contributed by atoms with Crippen LogP contribution in [0.5, 0.6) is 69.0 Å². The molecule has 45 nitrogen and oxygen atoms in total. The van der Waals surface area contributed by atoms with E-state index in [0.29, 0.717) is 6.42 Å². The van der Waals surface area contributed by atoms with E-state index < -0.39 is 358 Å². The van der Waals surface area contributed by atoms with Crippen molar-refractivity contribution in [2.75, 3.05) is 19.8 Å². The normalized spacial score (nSPS) is 28.0. The van der Waals surface area contributed by atoms with Crippen molar-refractivity contribution in [1.29, 1.82) is 0 Å². The lowest BCUT2D eigenvalue weighted by Crippen LogP contribution is -2.65. The highest BCUT2D eigenvalue weighted by Crippen LogP contribution is 2.51. The number of aliphatic hydroxyl groups excluding tert-OH is 10. The fourth-order valence-electron chi connectivity index (χ4n) is 16.8. The zero-order chi connectivity index (χ0) is 100.0. The lowest BCUT2D eigenvalue weighted by Gasteiger charge is -2.44. The number of hydrogen-bond acceptors (Lipinski definition) is 34. The topological polar surface area (TPSA) is 703 Å². The number of halogens is 2. The molecule has 9 heterocycles. The Bertz CT molecular complexity index is 5900. The Balaban J connectivity index is 1.04. The summed E-state index contributed by atoms with van der Waals surface area (Å²) in [5.41, 5.74) is -4.37. The number of allylic oxidation sites excluding steroid dienone is 2. The molecule has 7 aromatic rings. The van der Waals surface area contributed by atoms with Crippen LogP contribution in [0.15, 0.2) is 127 Å². The van der Waals surface area contributed by atoms with Gasteiger partial charge in [-0.3, -0.25) is 47.9 Å². The monoisotopic (exact) mass is 1980 g/mol. The number of carbonyl (C=O) groups excluding carboxylic acids is 9. The fraction of sp³-hybridized carbons (Fsp3) is 0.402. The van der Waals surface area contributed by atoms with Gasteiger partial charge in [0.2, 0.25) is 71.5 Å². The number of phenols is 4. The number of amides is 9. The lowest BCUT2D eigenvalue weighted by molar-refractivity contribution is -0.284. The van der Waals surface area contributed by atoms with Gasteiger partial charge in [-0.15, -0.1) is 0 Å². The number of benzene rings is 7. The van der Waals surface area contributed by atoms with E-state index in [1.807, 2.05) is 13.0 Å². The van der Waals surface area contributed by atoms with Crippen molar-refractivity contribution < 1.29 is 177 Å². The van der Waals surface area contributed by atoms with Gasteiger partial charge in [-0.2, -0.15) is 0 Å². The number of aliphatic hydroxyl groups is 10. The summed E-state index contributed by atoms with van der Waals surface area (Å²) < 4.78 is 57.5. The molecule has 9 aliphatic rings. The van der Waals surface area contributed by atoms with E-state index in [0.717, 1.165) is 117 Å². The zero-order valence-electron chi connectivity index (χ0n) is 73.5. The van der Waals surface area contributed by atoms with Crippen LogP contribution in [0.25, 0.3) is 11.1 Å². The van der Waals surface area contributed by atoms with Crippen molar-refractivity contribution >= 4 is 88.3 Å². The van der Waals surface area contributed by atoms with Crippen LogP contribution in [0.2, 0.25) is 10.0 Å². The molecule has 0 aliphatic carbocycles. The van der Waals surface area contributed by atoms with Crippen LogP contribution >= 0.6 is 23.2 Å². The highest BCUT2D eigenvalue weighted by atomic mass is 35.5. The highest BCUT2D eigenvalue weighted by molar-refractivity contribution is 6.32. The van der Waals surface area contributed by atoms with Crippen LogP contribution in [-0.2, 0) is 78.1 Å². The van der Waals surface area contributed by atoms with Gasteiger partial charge < -0.3 is 172 Å². The van der Waals surface area contributed by atoms with Crippen molar-refractivity contribution in [1.82, 2.24) is 47.9 Å². The molecule has 3 saturated heterocycles. The first-order valence-corrected chi connectivity index (χ1v) is 44.5. The van der Waals surface area contributed by atoms with Crippen LogP contribution in [0.1, 0.15) is 140 Å². The minimum absolute atomic E-state index is 0.0606.